The number of hydrogen-bond acceptors (Lipinski definition) is 4. The first-order valence-corrected chi connectivity index (χ1v) is 7.17. The van der Waals surface area contributed by atoms with E-state index in [-0.39, 0.29) is 28.1 Å². The number of nitrogens with zero attached hydrogens (tertiary/aromatic N) is 2. The van der Waals surface area contributed by atoms with E-state index in [1.807, 2.05) is 0 Å². The van der Waals surface area contributed by atoms with Gasteiger partial charge in [-0.2, -0.15) is 0 Å². The lowest BCUT2D eigenvalue weighted by Gasteiger charge is -2.23. The van der Waals surface area contributed by atoms with Gasteiger partial charge in [0.1, 0.15) is 5.82 Å². The molecular formula is C18H10N2O4. The molecule has 0 unspecified atom stereocenters. The normalized spacial score (nSPS) is 15.8. The summed E-state index contributed by atoms with van der Waals surface area (Å²) < 4.78 is 0. The van der Waals surface area contributed by atoms with E-state index in [1.54, 1.807) is 24.3 Å². The highest BCUT2D eigenvalue weighted by Gasteiger charge is 2.44. The molecule has 0 N–H and O–H groups in total. The molecule has 24 heavy (non-hydrogen) atoms. The second-order valence-electron chi connectivity index (χ2n) is 5.40. The molecule has 0 spiro atoms. The summed E-state index contributed by atoms with van der Waals surface area (Å²) in [6.07, 6.45) is 0. The maximum Gasteiger partial charge on any atom is 0.267 e. The molecule has 0 atom stereocenters. The lowest BCUT2D eigenvalue weighted by Crippen LogP contribution is -2.41. The first kappa shape index (κ1) is 14.1. The van der Waals surface area contributed by atoms with Crippen LogP contribution in [0.25, 0.3) is 0 Å². The summed E-state index contributed by atoms with van der Waals surface area (Å²) in [6, 6.07) is 12.6. The average Bonchev–Trinajstić information content (AvgIpc) is 3.00. The molecule has 4 amide bonds. The van der Waals surface area contributed by atoms with Crippen LogP contribution in [0.2, 0.25) is 0 Å². The van der Waals surface area contributed by atoms with Gasteiger partial charge in [-0.15, -0.1) is 0 Å². The second-order valence-corrected chi connectivity index (χ2v) is 5.40. The molecule has 0 radical (unpaired) electrons. The van der Waals surface area contributed by atoms with Crippen LogP contribution in [0.4, 0.5) is 0 Å². The number of imide groups is 2. The minimum Gasteiger partial charge on any atom is -0.268 e. The fourth-order valence-electron chi connectivity index (χ4n) is 2.95. The summed E-state index contributed by atoms with van der Waals surface area (Å²) in [5, 5.41) is 0. The Morgan fingerprint density at radius 3 is 1.08 bits per heavy atom. The molecule has 0 aromatic heterocycles. The van der Waals surface area contributed by atoms with Crippen LogP contribution >= 0.6 is 0 Å². The second kappa shape index (κ2) is 4.73. The van der Waals surface area contributed by atoms with Crippen molar-refractivity contribution in [1.29, 1.82) is 0 Å². The van der Waals surface area contributed by atoms with Crippen LogP contribution in [0.1, 0.15) is 41.4 Å². The summed E-state index contributed by atoms with van der Waals surface area (Å²) in [7, 11) is 0. The maximum absolute atomic E-state index is 12.5. The Kier molecular flexibility index (Phi) is 2.77. The summed E-state index contributed by atoms with van der Waals surface area (Å²) in [5.74, 6) is -2.66. The Hall–Kier alpha value is -3.54. The minimum absolute atomic E-state index is 0.222. The molecule has 2 aromatic carbocycles. The number of fused-ring (bicyclic) bond motifs is 2. The van der Waals surface area contributed by atoms with E-state index in [9.17, 15) is 19.2 Å². The first-order valence-electron chi connectivity index (χ1n) is 7.17. The van der Waals surface area contributed by atoms with Crippen LogP contribution in [0.3, 0.4) is 0 Å². The van der Waals surface area contributed by atoms with Crippen LogP contribution in [-0.4, -0.2) is 33.4 Å². The predicted molar refractivity (Wildman–Crippen MR) is 83.0 cm³/mol. The summed E-state index contributed by atoms with van der Waals surface area (Å²) in [4.78, 5) is 51.5. The molecule has 0 aliphatic carbocycles. The van der Waals surface area contributed by atoms with E-state index < -0.39 is 23.6 Å². The standard InChI is InChI=1S/C18H10N2O4/c1-10(19-15(21)11-6-2-3-7-12(11)16(19)22)20-17(23)13-8-4-5-9-14(13)18(20)24/h2-9H,1H2. The fraction of sp³-hybridized carbons (Fsp3) is 0. The van der Waals surface area contributed by atoms with Gasteiger partial charge in [0.25, 0.3) is 23.6 Å². The van der Waals surface area contributed by atoms with Gasteiger partial charge in [-0.25, -0.2) is 9.80 Å². The Labute approximate surface area is 136 Å². The van der Waals surface area contributed by atoms with Crippen molar-refractivity contribution in [3.63, 3.8) is 0 Å². The molecular weight excluding hydrogens is 308 g/mol. The van der Waals surface area contributed by atoms with Crippen LogP contribution in [-0.2, 0) is 0 Å². The van der Waals surface area contributed by atoms with Gasteiger partial charge >= 0.3 is 0 Å². The summed E-state index contributed by atoms with van der Waals surface area (Å²) in [5.41, 5.74) is 0.890. The largest absolute Gasteiger partial charge is 0.268 e. The van der Waals surface area contributed by atoms with Gasteiger partial charge in [0, 0.05) is 0 Å². The number of rotatable bonds is 2. The molecule has 0 fully saturated rings. The summed E-state index contributed by atoms with van der Waals surface area (Å²) >= 11 is 0. The Balaban J connectivity index is 1.74. The van der Waals surface area contributed by atoms with Crippen LogP contribution in [0, 0.1) is 0 Å². The van der Waals surface area contributed by atoms with E-state index in [4.69, 9.17) is 0 Å². The SMILES string of the molecule is C=C(N1C(=O)c2ccccc2C1=O)N1C(=O)c2ccccc2C1=O. The van der Waals surface area contributed by atoms with Gasteiger partial charge in [0.2, 0.25) is 0 Å². The van der Waals surface area contributed by atoms with E-state index in [0.717, 1.165) is 9.80 Å². The predicted octanol–water partition coefficient (Wildman–Crippen LogP) is 2.05. The zero-order chi connectivity index (χ0) is 17.0. The fourth-order valence-corrected chi connectivity index (χ4v) is 2.95. The third-order valence-corrected chi connectivity index (χ3v) is 4.10. The average molecular weight is 318 g/mol. The number of hydrogen-bond donors (Lipinski definition) is 0. The van der Waals surface area contributed by atoms with Gasteiger partial charge in [0.15, 0.2) is 0 Å². The highest BCUT2D eigenvalue weighted by Crippen LogP contribution is 2.31. The molecule has 0 saturated carbocycles. The van der Waals surface area contributed by atoms with Gasteiger partial charge in [0.05, 0.1) is 22.3 Å². The van der Waals surface area contributed by atoms with Crippen molar-refractivity contribution in [2.45, 2.75) is 0 Å². The number of carbonyl (C=O) groups is 4. The van der Waals surface area contributed by atoms with Crippen molar-refractivity contribution in [2.24, 2.45) is 0 Å². The highest BCUT2D eigenvalue weighted by molar-refractivity contribution is 6.26. The maximum atomic E-state index is 12.5. The minimum atomic E-state index is -0.600. The lowest BCUT2D eigenvalue weighted by molar-refractivity contribution is 0.0583. The van der Waals surface area contributed by atoms with Crippen molar-refractivity contribution in [2.75, 3.05) is 0 Å². The smallest absolute Gasteiger partial charge is 0.267 e. The van der Waals surface area contributed by atoms with Crippen LogP contribution in [0.5, 0.6) is 0 Å². The molecule has 6 heteroatoms. The number of amides is 4. The zero-order valence-electron chi connectivity index (χ0n) is 12.4. The Morgan fingerprint density at radius 1 is 0.583 bits per heavy atom. The quantitative estimate of drug-likeness (QED) is 0.794. The number of carbonyl (C=O) groups excluding carboxylic acids is 4. The van der Waals surface area contributed by atoms with Gasteiger partial charge in [-0.3, -0.25) is 19.2 Å². The lowest BCUT2D eigenvalue weighted by atomic mass is 10.1. The van der Waals surface area contributed by atoms with E-state index in [1.165, 1.54) is 24.3 Å². The molecule has 4 rings (SSSR count). The molecule has 2 aliphatic heterocycles. The van der Waals surface area contributed by atoms with Crippen molar-refractivity contribution in [3.05, 3.63) is 83.2 Å². The van der Waals surface area contributed by atoms with Crippen LogP contribution in [0.15, 0.2) is 60.9 Å². The molecule has 0 saturated heterocycles. The zero-order valence-corrected chi connectivity index (χ0v) is 12.4. The van der Waals surface area contributed by atoms with Crippen molar-refractivity contribution in [3.8, 4) is 0 Å². The number of benzene rings is 2. The van der Waals surface area contributed by atoms with Crippen molar-refractivity contribution >= 4 is 23.6 Å². The topological polar surface area (TPSA) is 74.8 Å². The van der Waals surface area contributed by atoms with E-state index >= 15 is 0 Å². The molecule has 2 aliphatic rings. The third kappa shape index (κ3) is 1.65. The molecule has 2 heterocycles. The molecule has 6 nitrogen and oxygen atoms in total. The first-order chi connectivity index (χ1) is 11.5. The van der Waals surface area contributed by atoms with Crippen molar-refractivity contribution in [1.82, 2.24) is 9.80 Å². The van der Waals surface area contributed by atoms with Gasteiger partial charge in [-0.05, 0) is 24.3 Å². The van der Waals surface area contributed by atoms with Crippen molar-refractivity contribution < 1.29 is 19.2 Å². The van der Waals surface area contributed by atoms with Crippen LogP contribution < -0.4 is 0 Å². The molecule has 0 bridgehead atoms. The van der Waals surface area contributed by atoms with Gasteiger partial charge < -0.3 is 0 Å². The molecule has 116 valence electrons. The van der Waals surface area contributed by atoms with E-state index in [2.05, 4.69) is 6.58 Å². The van der Waals surface area contributed by atoms with Gasteiger partial charge in [-0.1, -0.05) is 30.8 Å². The highest BCUT2D eigenvalue weighted by atomic mass is 16.2. The Bertz CT molecular complexity index is 829. The summed E-state index contributed by atoms with van der Waals surface area (Å²) in [6.45, 7) is 3.65. The molecule has 2 aromatic rings. The monoisotopic (exact) mass is 318 g/mol. The third-order valence-electron chi connectivity index (χ3n) is 4.10. The Morgan fingerprint density at radius 2 is 0.833 bits per heavy atom. The van der Waals surface area contributed by atoms with E-state index in [0.29, 0.717) is 0 Å².